The third-order valence-electron chi connectivity index (χ3n) is 1.90. The largest absolute Gasteiger partial charge is 0.397 e. The van der Waals surface area contributed by atoms with Crippen LogP contribution in [0.1, 0.15) is 5.56 Å². The Balaban J connectivity index is 3.03. The zero-order valence-corrected chi connectivity index (χ0v) is 7.95. The predicted octanol–water partition coefficient (Wildman–Crippen LogP) is 1.08. The molecule has 0 amide bonds. The number of rotatable bonds is 3. The van der Waals surface area contributed by atoms with Crippen molar-refractivity contribution >= 4 is 17.7 Å². The molecule has 0 unspecified atom stereocenters. The SMILES string of the molecule is CN(C)c1cc(CC=O)ccc1N. The highest BCUT2D eigenvalue weighted by Gasteiger charge is 2.02. The van der Waals surface area contributed by atoms with Crippen molar-refractivity contribution in [1.29, 1.82) is 0 Å². The molecule has 0 radical (unpaired) electrons. The molecule has 0 saturated heterocycles. The van der Waals surface area contributed by atoms with Crippen LogP contribution in [-0.2, 0) is 11.2 Å². The Morgan fingerprint density at radius 2 is 2.15 bits per heavy atom. The summed E-state index contributed by atoms with van der Waals surface area (Å²) >= 11 is 0. The molecule has 0 saturated carbocycles. The van der Waals surface area contributed by atoms with E-state index in [0.29, 0.717) is 6.42 Å². The van der Waals surface area contributed by atoms with Gasteiger partial charge in [-0.05, 0) is 17.7 Å². The molecule has 3 nitrogen and oxygen atoms in total. The Bertz CT molecular complexity index is 308. The Morgan fingerprint density at radius 3 is 2.69 bits per heavy atom. The number of carbonyl (C=O) groups is 1. The smallest absolute Gasteiger partial charge is 0.124 e. The maximum absolute atomic E-state index is 10.3. The number of carbonyl (C=O) groups excluding carboxylic acids is 1. The fraction of sp³-hybridized carbons (Fsp3) is 0.300. The van der Waals surface area contributed by atoms with Gasteiger partial charge in [-0.25, -0.2) is 0 Å². The van der Waals surface area contributed by atoms with Crippen molar-refractivity contribution in [1.82, 2.24) is 0 Å². The van der Waals surface area contributed by atoms with Crippen molar-refractivity contribution in [2.45, 2.75) is 6.42 Å². The van der Waals surface area contributed by atoms with Gasteiger partial charge in [0.25, 0.3) is 0 Å². The zero-order valence-electron chi connectivity index (χ0n) is 7.95. The number of hydrogen-bond acceptors (Lipinski definition) is 3. The van der Waals surface area contributed by atoms with Crippen molar-refractivity contribution in [3.05, 3.63) is 23.8 Å². The second kappa shape index (κ2) is 3.94. The van der Waals surface area contributed by atoms with Crippen molar-refractivity contribution in [2.24, 2.45) is 0 Å². The number of nitrogen functional groups attached to an aromatic ring is 1. The van der Waals surface area contributed by atoms with E-state index in [0.717, 1.165) is 23.2 Å². The van der Waals surface area contributed by atoms with Gasteiger partial charge >= 0.3 is 0 Å². The number of hydrogen-bond donors (Lipinski definition) is 1. The molecule has 0 aliphatic rings. The van der Waals surface area contributed by atoms with E-state index in [-0.39, 0.29) is 0 Å². The topological polar surface area (TPSA) is 46.3 Å². The van der Waals surface area contributed by atoms with Crippen LogP contribution in [0.4, 0.5) is 11.4 Å². The van der Waals surface area contributed by atoms with Crippen LogP contribution in [0.3, 0.4) is 0 Å². The monoisotopic (exact) mass is 178 g/mol. The number of nitrogens with two attached hydrogens (primary N) is 1. The molecule has 0 fully saturated rings. The molecule has 0 aliphatic carbocycles. The average Bonchev–Trinajstić information content (AvgIpc) is 2.08. The van der Waals surface area contributed by atoms with Crippen LogP contribution in [0, 0.1) is 0 Å². The van der Waals surface area contributed by atoms with Gasteiger partial charge in [0.15, 0.2) is 0 Å². The van der Waals surface area contributed by atoms with Gasteiger partial charge in [-0.15, -0.1) is 0 Å². The van der Waals surface area contributed by atoms with Gasteiger partial charge in [0.2, 0.25) is 0 Å². The highest BCUT2D eigenvalue weighted by Crippen LogP contribution is 2.22. The first kappa shape index (κ1) is 9.58. The number of aldehydes is 1. The summed E-state index contributed by atoms with van der Waals surface area (Å²) in [5.74, 6) is 0. The minimum atomic E-state index is 0.446. The summed E-state index contributed by atoms with van der Waals surface area (Å²) in [6, 6.07) is 5.63. The van der Waals surface area contributed by atoms with Crippen LogP contribution in [0.5, 0.6) is 0 Å². The Labute approximate surface area is 78.2 Å². The van der Waals surface area contributed by atoms with E-state index in [4.69, 9.17) is 5.73 Å². The van der Waals surface area contributed by atoms with E-state index in [1.54, 1.807) is 0 Å². The van der Waals surface area contributed by atoms with Gasteiger partial charge in [0.1, 0.15) is 6.29 Å². The lowest BCUT2D eigenvalue weighted by Crippen LogP contribution is -2.11. The lowest BCUT2D eigenvalue weighted by Gasteiger charge is -2.15. The first-order valence-corrected chi connectivity index (χ1v) is 4.14. The Kier molecular flexibility index (Phi) is 2.90. The summed E-state index contributed by atoms with van der Waals surface area (Å²) in [5.41, 5.74) is 8.44. The first-order valence-electron chi connectivity index (χ1n) is 4.14. The molecule has 0 atom stereocenters. The maximum atomic E-state index is 10.3. The predicted molar refractivity (Wildman–Crippen MR) is 54.9 cm³/mol. The molecule has 3 heteroatoms. The molecular formula is C10H14N2O. The fourth-order valence-corrected chi connectivity index (χ4v) is 1.20. The number of anilines is 2. The third-order valence-corrected chi connectivity index (χ3v) is 1.90. The molecule has 1 aromatic carbocycles. The van der Waals surface area contributed by atoms with Gasteiger partial charge in [-0.3, -0.25) is 0 Å². The molecular weight excluding hydrogens is 164 g/mol. The highest BCUT2D eigenvalue weighted by molar-refractivity contribution is 5.69. The lowest BCUT2D eigenvalue weighted by atomic mass is 10.1. The molecule has 0 spiro atoms. The van der Waals surface area contributed by atoms with E-state index in [9.17, 15) is 4.79 Å². The molecule has 0 heterocycles. The molecule has 2 N–H and O–H groups in total. The Morgan fingerprint density at radius 1 is 1.46 bits per heavy atom. The van der Waals surface area contributed by atoms with E-state index in [1.165, 1.54) is 0 Å². The summed E-state index contributed by atoms with van der Waals surface area (Å²) in [6.07, 6.45) is 1.34. The average molecular weight is 178 g/mol. The number of nitrogens with zero attached hydrogens (tertiary/aromatic N) is 1. The van der Waals surface area contributed by atoms with Crippen molar-refractivity contribution in [2.75, 3.05) is 24.7 Å². The fourth-order valence-electron chi connectivity index (χ4n) is 1.20. The molecule has 70 valence electrons. The number of benzene rings is 1. The van der Waals surface area contributed by atoms with E-state index >= 15 is 0 Å². The minimum absolute atomic E-state index is 0.446. The lowest BCUT2D eigenvalue weighted by molar-refractivity contribution is -0.107. The van der Waals surface area contributed by atoms with Crippen molar-refractivity contribution in [3.8, 4) is 0 Å². The van der Waals surface area contributed by atoms with Crippen LogP contribution in [0.25, 0.3) is 0 Å². The van der Waals surface area contributed by atoms with Crippen molar-refractivity contribution in [3.63, 3.8) is 0 Å². The van der Waals surface area contributed by atoms with Gasteiger partial charge in [-0.2, -0.15) is 0 Å². The molecule has 1 rings (SSSR count). The third kappa shape index (κ3) is 2.21. The minimum Gasteiger partial charge on any atom is -0.397 e. The molecule has 1 aromatic rings. The second-order valence-electron chi connectivity index (χ2n) is 3.16. The summed E-state index contributed by atoms with van der Waals surface area (Å²) in [4.78, 5) is 12.2. The highest BCUT2D eigenvalue weighted by atomic mass is 16.1. The van der Waals surface area contributed by atoms with Crippen LogP contribution in [-0.4, -0.2) is 20.4 Å². The van der Waals surface area contributed by atoms with E-state index in [2.05, 4.69) is 0 Å². The van der Waals surface area contributed by atoms with Gasteiger partial charge in [0.05, 0.1) is 11.4 Å². The van der Waals surface area contributed by atoms with Crippen molar-refractivity contribution < 1.29 is 4.79 Å². The van der Waals surface area contributed by atoms with Gasteiger partial charge in [0, 0.05) is 20.5 Å². The standard InChI is InChI=1S/C10H14N2O/c1-12(2)10-7-8(5-6-13)3-4-9(10)11/h3-4,6-7H,5,11H2,1-2H3. The second-order valence-corrected chi connectivity index (χ2v) is 3.16. The maximum Gasteiger partial charge on any atom is 0.124 e. The van der Waals surface area contributed by atoms with Gasteiger partial charge in [-0.1, -0.05) is 6.07 Å². The van der Waals surface area contributed by atoms with Crippen LogP contribution in [0.2, 0.25) is 0 Å². The summed E-state index contributed by atoms with van der Waals surface area (Å²) < 4.78 is 0. The Hall–Kier alpha value is -1.51. The molecule has 0 bridgehead atoms. The van der Waals surface area contributed by atoms with Gasteiger partial charge < -0.3 is 15.4 Å². The molecule has 0 aliphatic heterocycles. The zero-order chi connectivity index (χ0) is 9.84. The quantitative estimate of drug-likeness (QED) is 0.556. The summed E-state index contributed by atoms with van der Waals surface area (Å²) in [5, 5.41) is 0. The van der Waals surface area contributed by atoms with Crippen LogP contribution < -0.4 is 10.6 Å². The molecule has 13 heavy (non-hydrogen) atoms. The van der Waals surface area contributed by atoms with Crippen LogP contribution >= 0.6 is 0 Å². The van der Waals surface area contributed by atoms with E-state index in [1.807, 2.05) is 37.2 Å². The van der Waals surface area contributed by atoms with E-state index < -0.39 is 0 Å². The first-order chi connectivity index (χ1) is 6.15. The summed E-state index contributed by atoms with van der Waals surface area (Å²) in [6.45, 7) is 0. The normalized spacial score (nSPS) is 9.69. The molecule has 0 aromatic heterocycles. The summed E-state index contributed by atoms with van der Waals surface area (Å²) in [7, 11) is 3.85. The van der Waals surface area contributed by atoms with Crippen LogP contribution in [0.15, 0.2) is 18.2 Å².